The highest BCUT2D eigenvalue weighted by Gasteiger charge is 2.28. The van der Waals surface area contributed by atoms with Gasteiger partial charge in [0.25, 0.3) is 10.2 Å². The van der Waals surface area contributed by atoms with Gasteiger partial charge in [0.05, 0.1) is 0 Å². The summed E-state index contributed by atoms with van der Waals surface area (Å²) in [6, 6.07) is 0. The lowest BCUT2D eigenvalue weighted by Crippen LogP contribution is -2.45. The van der Waals surface area contributed by atoms with Crippen LogP contribution in [-0.4, -0.2) is 38.2 Å². The fourth-order valence-corrected chi connectivity index (χ4v) is 3.46. The Balaban J connectivity index is 4.64. The van der Waals surface area contributed by atoms with Gasteiger partial charge >= 0.3 is 0 Å². The molecule has 0 aromatic heterocycles. The molecule has 17 heavy (non-hydrogen) atoms. The van der Waals surface area contributed by atoms with Gasteiger partial charge in [0.1, 0.15) is 0 Å². The molecule has 4 nitrogen and oxygen atoms in total. The zero-order valence-electron chi connectivity index (χ0n) is 11.3. The maximum absolute atomic E-state index is 12.0. The highest BCUT2D eigenvalue weighted by atomic mass is 35.5. The van der Waals surface area contributed by atoms with E-state index in [-0.39, 0.29) is 5.41 Å². The van der Waals surface area contributed by atoms with Crippen LogP contribution in [0.5, 0.6) is 0 Å². The van der Waals surface area contributed by atoms with E-state index in [0.717, 1.165) is 12.8 Å². The fourth-order valence-electron chi connectivity index (χ4n) is 1.64. The number of rotatable bonds is 9. The van der Waals surface area contributed by atoms with E-state index < -0.39 is 10.2 Å². The fraction of sp³-hybridized carbons (Fsp3) is 1.00. The summed E-state index contributed by atoms with van der Waals surface area (Å²) in [5, 5.41) is 0. The Morgan fingerprint density at radius 1 is 1.12 bits per heavy atom. The molecule has 0 rings (SSSR count). The van der Waals surface area contributed by atoms with Crippen LogP contribution >= 0.6 is 11.6 Å². The first-order valence-corrected chi connectivity index (χ1v) is 8.19. The second kappa shape index (κ2) is 7.56. The molecule has 0 fully saturated rings. The van der Waals surface area contributed by atoms with Crippen molar-refractivity contribution in [1.29, 1.82) is 0 Å². The van der Waals surface area contributed by atoms with Crippen molar-refractivity contribution in [3.63, 3.8) is 0 Å². The summed E-state index contributed by atoms with van der Waals surface area (Å²) in [4.78, 5) is 0. The van der Waals surface area contributed by atoms with Crippen molar-refractivity contribution in [2.24, 2.45) is 5.41 Å². The number of halogens is 1. The van der Waals surface area contributed by atoms with Crippen LogP contribution in [0.4, 0.5) is 0 Å². The van der Waals surface area contributed by atoms with Gasteiger partial charge in [0, 0.05) is 25.5 Å². The van der Waals surface area contributed by atoms with Gasteiger partial charge in [-0.3, -0.25) is 0 Å². The molecule has 104 valence electrons. The molecule has 0 aliphatic heterocycles. The second-order valence-electron chi connectivity index (χ2n) is 4.25. The number of nitrogens with zero attached hydrogens (tertiary/aromatic N) is 1. The van der Waals surface area contributed by atoms with Crippen molar-refractivity contribution in [3.05, 3.63) is 0 Å². The van der Waals surface area contributed by atoms with Crippen LogP contribution in [0, 0.1) is 5.41 Å². The zero-order chi connectivity index (χ0) is 13.5. The molecule has 0 bridgehead atoms. The van der Waals surface area contributed by atoms with Crippen LogP contribution in [-0.2, 0) is 10.2 Å². The predicted octanol–water partition coefficient (Wildman–Crippen LogP) is 2.21. The molecule has 0 atom stereocenters. The van der Waals surface area contributed by atoms with Crippen molar-refractivity contribution < 1.29 is 8.42 Å². The molecule has 1 N–H and O–H groups in total. The Bertz CT molecular complexity index is 290. The predicted molar refractivity (Wildman–Crippen MR) is 73.6 cm³/mol. The number of hydrogen-bond acceptors (Lipinski definition) is 2. The molecule has 0 saturated heterocycles. The summed E-state index contributed by atoms with van der Waals surface area (Å²) in [7, 11) is -3.36. The summed E-state index contributed by atoms with van der Waals surface area (Å²) >= 11 is 5.95. The molecular formula is C11H25ClN2O2S. The van der Waals surface area contributed by atoms with Crippen LogP contribution in [0.15, 0.2) is 0 Å². The first-order chi connectivity index (χ1) is 7.91. The number of hydrogen-bond donors (Lipinski definition) is 1. The van der Waals surface area contributed by atoms with Crippen molar-refractivity contribution in [2.75, 3.05) is 25.5 Å². The quantitative estimate of drug-likeness (QED) is 0.660. The largest absolute Gasteiger partial charge is 0.279 e. The SMILES string of the molecule is CCN(CC)S(=O)(=O)NCC(CC)(CC)CCl. The van der Waals surface area contributed by atoms with E-state index in [1.54, 1.807) is 0 Å². The zero-order valence-corrected chi connectivity index (χ0v) is 12.9. The highest BCUT2D eigenvalue weighted by Crippen LogP contribution is 2.27. The Kier molecular flexibility index (Phi) is 7.63. The lowest BCUT2D eigenvalue weighted by atomic mass is 9.85. The van der Waals surface area contributed by atoms with E-state index >= 15 is 0 Å². The molecule has 0 aromatic carbocycles. The van der Waals surface area contributed by atoms with Crippen LogP contribution in [0.25, 0.3) is 0 Å². The van der Waals surface area contributed by atoms with Crippen molar-refractivity contribution in [2.45, 2.75) is 40.5 Å². The van der Waals surface area contributed by atoms with Crippen LogP contribution in [0.2, 0.25) is 0 Å². The molecule has 0 radical (unpaired) electrons. The minimum Gasteiger partial charge on any atom is -0.202 e. The number of alkyl halides is 1. The van der Waals surface area contributed by atoms with E-state index in [1.807, 2.05) is 27.7 Å². The summed E-state index contributed by atoms with van der Waals surface area (Å²) in [5.41, 5.74) is -0.137. The third-order valence-corrected chi connectivity index (χ3v) is 5.73. The molecule has 0 heterocycles. The van der Waals surface area contributed by atoms with E-state index in [2.05, 4.69) is 4.72 Å². The standard InChI is InChI=1S/C11H25ClN2O2S/c1-5-11(6-2,9-12)10-13-17(15,16)14(7-3)8-4/h13H,5-10H2,1-4H3. The Morgan fingerprint density at radius 2 is 1.59 bits per heavy atom. The average Bonchev–Trinajstić information content (AvgIpc) is 2.33. The maximum Gasteiger partial charge on any atom is 0.279 e. The Hall–Kier alpha value is 0.160. The summed E-state index contributed by atoms with van der Waals surface area (Å²) < 4.78 is 28.0. The topological polar surface area (TPSA) is 49.4 Å². The summed E-state index contributed by atoms with van der Waals surface area (Å²) in [5.74, 6) is 0.473. The van der Waals surface area contributed by atoms with E-state index in [1.165, 1.54) is 4.31 Å². The van der Waals surface area contributed by atoms with Gasteiger partial charge in [-0.25, -0.2) is 4.72 Å². The Labute approximate surface area is 111 Å². The third kappa shape index (κ3) is 4.73. The molecule has 6 heteroatoms. The molecule has 0 spiro atoms. The highest BCUT2D eigenvalue weighted by molar-refractivity contribution is 7.87. The minimum atomic E-state index is -3.36. The molecule has 0 aliphatic carbocycles. The van der Waals surface area contributed by atoms with Crippen molar-refractivity contribution in [3.8, 4) is 0 Å². The molecular weight excluding hydrogens is 260 g/mol. The maximum atomic E-state index is 12.0. The van der Waals surface area contributed by atoms with Crippen LogP contribution in [0.3, 0.4) is 0 Å². The normalized spacial score (nSPS) is 13.3. The van der Waals surface area contributed by atoms with E-state index in [9.17, 15) is 8.42 Å². The molecule has 0 aromatic rings. The lowest BCUT2D eigenvalue weighted by Gasteiger charge is -2.30. The smallest absolute Gasteiger partial charge is 0.202 e. The van der Waals surface area contributed by atoms with Gasteiger partial charge in [-0.2, -0.15) is 12.7 Å². The van der Waals surface area contributed by atoms with Crippen LogP contribution in [0.1, 0.15) is 40.5 Å². The van der Waals surface area contributed by atoms with Crippen molar-refractivity contribution >= 4 is 21.8 Å². The summed E-state index contributed by atoms with van der Waals surface area (Å²) in [6.45, 7) is 9.11. The monoisotopic (exact) mass is 284 g/mol. The van der Waals surface area contributed by atoms with Gasteiger partial charge in [0.15, 0.2) is 0 Å². The van der Waals surface area contributed by atoms with Crippen molar-refractivity contribution in [1.82, 2.24) is 9.03 Å². The Morgan fingerprint density at radius 3 is 1.88 bits per heavy atom. The molecule has 0 saturated carbocycles. The van der Waals surface area contributed by atoms with Crippen LogP contribution < -0.4 is 4.72 Å². The minimum absolute atomic E-state index is 0.137. The van der Waals surface area contributed by atoms with Gasteiger partial charge in [-0.15, -0.1) is 11.6 Å². The van der Waals surface area contributed by atoms with Gasteiger partial charge in [-0.05, 0) is 18.3 Å². The summed E-state index contributed by atoms with van der Waals surface area (Å²) in [6.07, 6.45) is 1.74. The lowest BCUT2D eigenvalue weighted by molar-refractivity contribution is 0.300. The third-order valence-electron chi connectivity index (χ3n) is 3.46. The van der Waals surface area contributed by atoms with E-state index in [0.29, 0.717) is 25.5 Å². The molecule has 0 unspecified atom stereocenters. The second-order valence-corrected chi connectivity index (χ2v) is 6.27. The van der Waals surface area contributed by atoms with Gasteiger partial charge < -0.3 is 0 Å². The molecule has 0 amide bonds. The first-order valence-electron chi connectivity index (χ1n) is 6.22. The van der Waals surface area contributed by atoms with Gasteiger partial charge in [0.2, 0.25) is 0 Å². The van der Waals surface area contributed by atoms with E-state index in [4.69, 9.17) is 11.6 Å². The molecule has 0 aliphatic rings. The number of nitrogens with one attached hydrogen (secondary N) is 1. The average molecular weight is 285 g/mol. The van der Waals surface area contributed by atoms with Gasteiger partial charge in [-0.1, -0.05) is 27.7 Å². The first kappa shape index (κ1) is 17.2.